The van der Waals surface area contributed by atoms with Gasteiger partial charge in [-0.25, -0.2) is 0 Å². The van der Waals surface area contributed by atoms with Gasteiger partial charge in [-0.05, 0) is 29.8 Å². The van der Waals surface area contributed by atoms with Gasteiger partial charge in [0.05, 0.1) is 5.92 Å². The predicted octanol–water partition coefficient (Wildman–Crippen LogP) is 5.26. The van der Waals surface area contributed by atoms with Gasteiger partial charge in [-0.15, -0.1) is 24.8 Å². The summed E-state index contributed by atoms with van der Waals surface area (Å²) in [5, 5.41) is 6.40. The first kappa shape index (κ1) is 22.8. The molecule has 152 valence electrons. The van der Waals surface area contributed by atoms with E-state index in [-0.39, 0.29) is 42.6 Å². The average molecular weight is 431 g/mol. The summed E-state index contributed by atoms with van der Waals surface area (Å²) in [6, 6.07) is 27.3. The number of hydrogen-bond donors (Lipinski definition) is 2. The number of para-hydroxylation sites is 1. The summed E-state index contributed by atoms with van der Waals surface area (Å²) in [6.07, 6.45) is 0. The van der Waals surface area contributed by atoms with E-state index < -0.39 is 0 Å². The molecule has 0 spiro atoms. The first-order valence-corrected chi connectivity index (χ1v) is 9.19. The average Bonchev–Trinajstić information content (AvgIpc) is 3.20. The quantitative estimate of drug-likeness (QED) is 0.579. The van der Waals surface area contributed by atoms with Crippen LogP contribution in [0, 0.1) is 5.92 Å². The Morgan fingerprint density at radius 2 is 1.48 bits per heavy atom. The normalized spacial score (nSPS) is 17.5. The second kappa shape index (κ2) is 10.9. The maximum Gasteiger partial charge on any atom is 0.229 e. The second-order valence-electron chi connectivity index (χ2n) is 6.71. The van der Waals surface area contributed by atoms with Crippen LogP contribution in [0.5, 0.6) is 11.5 Å². The van der Waals surface area contributed by atoms with E-state index in [9.17, 15) is 4.79 Å². The Balaban J connectivity index is 0.00000150. The minimum absolute atomic E-state index is 0. The van der Waals surface area contributed by atoms with Crippen LogP contribution in [0.25, 0.3) is 0 Å². The molecule has 1 aliphatic heterocycles. The van der Waals surface area contributed by atoms with Crippen LogP contribution >= 0.6 is 24.8 Å². The van der Waals surface area contributed by atoms with E-state index in [1.165, 1.54) is 5.56 Å². The van der Waals surface area contributed by atoms with Crippen molar-refractivity contribution >= 4 is 36.4 Å². The van der Waals surface area contributed by atoms with Crippen molar-refractivity contribution in [1.82, 2.24) is 5.32 Å². The lowest BCUT2D eigenvalue weighted by Crippen LogP contribution is -2.28. The van der Waals surface area contributed by atoms with Crippen LogP contribution in [0.3, 0.4) is 0 Å². The summed E-state index contributed by atoms with van der Waals surface area (Å²) >= 11 is 0. The highest BCUT2D eigenvalue weighted by Crippen LogP contribution is 2.30. The van der Waals surface area contributed by atoms with Crippen molar-refractivity contribution in [3.8, 4) is 11.5 Å². The number of nitrogens with one attached hydrogen (secondary N) is 2. The highest BCUT2D eigenvalue weighted by atomic mass is 35.5. The van der Waals surface area contributed by atoms with Crippen LogP contribution in [0.15, 0.2) is 84.9 Å². The molecule has 4 rings (SSSR count). The number of carbonyl (C=O) groups is 1. The minimum Gasteiger partial charge on any atom is -0.457 e. The van der Waals surface area contributed by atoms with Gasteiger partial charge in [0.15, 0.2) is 0 Å². The number of benzene rings is 3. The number of anilines is 1. The molecule has 2 unspecified atom stereocenters. The van der Waals surface area contributed by atoms with E-state index in [0.717, 1.165) is 18.0 Å². The fourth-order valence-electron chi connectivity index (χ4n) is 3.50. The topological polar surface area (TPSA) is 50.4 Å². The molecule has 1 heterocycles. The largest absolute Gasteiger partial charge is 0.457 e. The van der Waals surface area contributed by atoms with Crippen molar-refractivity contribution in [2.24, 2.45) is 5.92 Å². The molecule has 0 saturated carbocycles. The number of carbonyl (C=O) groups excluding carboxylic acids is 1. The third-order valence-corrected chi connectivity index (χ3v) is 4.86. The number of rotatable bonds is 5. The molecular formula is C23H24Cl2N2O2. The zero-order valence-electron chi connectivity index (χ0n) is 15.8. The SMILES string of the molecule is Cl.Cl.O=C(Nc1cccc(Oc2ccccc2)c1)C1CNCC1c1ccccc1. The van der Waals surface area contributed by atoms with Crippen LogP contribution in [0.4, 0.5) is 5.69 Å². The predicted molar refractivity (Wildman–Crippen MR) is 122 cm³/mol. The highest BCUT2D eigenvalue weighted by Gasteiger charge is 2.33. The van der Waals surface area contributed by atoms with Crippen molar-refractivity contribution in [3.63, 3.8) is 0 Å². The summed E-state index contributed by atoms with van der Waals surface area (Å²) in [7, 11) is 0. The third kappa shape index (κ3) is 5.73. The Labute approximate surface area is 183 Å². The lowest BCUT2D eigenvalue weighted by Gasteiger charge is -2.19. The lowest BCUT2D eigenvalue weighted by molar-refractivity contribution is -0.119. The molecule has 3 aromatic carbocycles. The first-order chi connectivity index (χ1) is 13.3. The zero-order valence-corrected chi connectivity index (χ0v) is 17.4. The minimum atomic E-state index is -0.0916. The van der Waals surface area contributed by atoms with Gasteiger partial charge < -0.3 is 15.4 Å². The van der Waals surface area contributed by atoms with E-state index >= 15 is 0 Å². The highest BCUT2D eigenvalue weighted by molar-refractivity contribution is 5.93. The second-order valence-corrected chi connectivity index (χ2v) is 6.71. The van der Waals surface area contributed by atoms with E-state index in [4.69, 9.17) is 4.74 Å². The van der Waals surface area contributed by atoms with E-state index in [1.807, 2.05) is 72.8 Å². The van der Waals surface area contributed by atoms with Crippen molar-refractivity contribution in [3.05, 3.63) is 90.5 Å². The zero-order chi connectivity index (χ0) is 18.5. The van der Waals surface area contributed by atoms with Gasteiger partial charge in [-0.1, -0.05) is 54.6 Å². The molecule has 4 nitrogen and oxygen atoms in total. The maximum absolute atomic E-state index is 12.9. The van der Waals surface area contributed by atoms with Gasteiger partial charge in [0.1, 0.15) is 11.5 Å². The standard InChI is InChI=1S/C23H22N2O2.2ClH/c26-23(22-16-24-15-21(22)17-8-3-1-4-9-17)25-18-10-7-13-20(14-18)27-19-11-5-2-6-12-19;;/h1-14,21-22,24H,15-16H2,(H,25,26);2*1H. The summed E-state index contributed by atoms with van der Waals surface area (Å²) in [4.78, 5) is 12.9. The number of halogens is 2. The Morgan fingerprint density at radius 3 is 2.21 bits per heavy atom. The first-order valence-electron chi connectivity index (χ1n) is 9.19. The fourth-order valence-corrected chi connectivity index (χ4v) is 3.50. The molecule has 3 aromatic rings. The van der Waals surface area contributed by atoms with Gasteiger partial charge in [-0.3, -0.25) is 4.79 Å². The van der Waals surface area contributed by atoms with Gasteiger partial charge in [0.25, 0.3) is 0 Å². The lowest BCUT2D eigenvalue weighted by atomic mass is 9.88. The van der Waals surface area contributed by atoms with Crippen molar-refractivity contribution in [2.75, 3.05) is 18.4 Å². The maximum atomic E-state index is 12.9. The molecular weight excluding hydrogens is 407 g/mol. The van der Waals surface area contributed by atoms with Crippen LogP contribution in [0.1, 0.15) is 11.5 Å². The van der Waals surface area contributed by atoms with Crippen LogP contribution in [-0.4, -0.2) is 19.0 Å². The molecule has 1 amide bonds. The number of hydrogen-bond acceptors (Lipinski definition) is 3. The summed E-state index contributed by atoms with van der Waals surface area (Å²) in [5.74, 6) is 1.60. The molecule has 29 heavy (non-hydrogen) atoms. The molecule has 0 aromatic heterocycles. The summed E-state index contributed by atoms with van der Waals surface area (Å²) < 4.78 is 5.85. The number of amides is 1. The van der Waals surface area contributed by atoms with E-state index in [2.05, 4.69) is 22.8 Å². The van der Waals surface area contributed by atoms with E-state index in [0.29, 0.717) is 12.3 Å². The molecule has 0 aliphatic carbocycles. The Hall–Kier alpha value is -2.53. The Bertz CT molecular complexity index is 907. The molecule has 0 radical (unpaired) electrons. The molecule has 1 fully saturated rings. The van der Waals surface area contributed by atoms with Crippen LogP contribution in [0.2, 0.25) is 0 Å². The van der Waals surface area contributed by atoms with Crippen LogP contribution in [-0.2, 0) is 4.79 Å². The molecule has 2 atom stereocenters. The van der Waals surface area contributed by atoms with Gasteiger partial charge >= 0.3 is 0 Å². The molecule has 2 N–H and O–H groups in total. The third-order valence-electron chi connectivity index (χ3n) is 4.86. The fraction of sp³-hybridized carbons (Fsp3) is 0.174. The van der Waals surface area contributed by atoms with Crippen molar-refractivity contribution in [2.45, 2.75) is 5.92 Å². The Morgan fingerprint density at radius 1 is 0.828 bits per heavy atom. The smallest absolute Gasteiger partial charge is 0.229 e. The molecule has 6 heteroatoms. The molecule has 0 bridgehead atoms. The van der Waals surface area contributed by atoms with E-state index in [1.54, 1.807) is 0 Å². The summed E-state index contributed by atoms with van der Waals surface area (Å²) in [6.45, 7) is 1.50. The van der Waals surface area contributed by atoms with Crippen LogP contribution < -0.4 is 15.4 Å². The Kier molecular flexibility index (Phi) is 8.52. The number of ether oxygens (including phenoxy) is 1. The van der Waals surface area contributed by atoms with Crippen molar-refractivity contribution in [1.29, 1.82) is 0 Å². The molecule has 1 saturated heterocycles. The van der Waals surface area contributed by atoms with Gasteiger partial charge in [0.2, 0.25) is 5.91 Å². The van der Waals surface area contributed by atoms with Gasteiger partial charge in [0, 0.05) is 30.8 Å². The van der Waals surface area contributed by atoms with Gasteiger partial charge in [-0.2, -0.15) is 0 Å². The van der Waals surface area contributed by atoms with Crippen molar-refractivity contribution < 1.29 is 9.53 Å². The summed E-state index contributed by atoms with van der Waals surface area (Å²) in [5.41, 5.74) is 1.94. The monoisotopic (exact) mass is 430 g/mol. The molecule has 1 aliphatic rings.